The Morgan fingerprint density at radius 2 is 1.79 bits per heavy atom. The van der Waals surface area contributed by atoms with Crippen molar-refractivity contribution in [2.75, 3.05) is 37.6 Å². The van der Waals surface area contributed by atoms with Crippen molar-refractivity contribution in [1.29, 1.82) is 0 Å². The molecule has 1 aromatic heterocycles. The molecule has 1 rings (SSSR count). The predicted octanol–water partition coefficient (Wildman–Crippen LogP) is 3.38. The van der Waals surface area contributed by atoms with Gasteiger partial charge < -0.3 is 9.80 Å². The first-order valence-electron chi connectivity index (χ1n) is 7.24. The Labute approximate surface area is 122 Å². The first kappa shape index (κ1) is 16.3. The SMILES string of the molecule is CCN(CC)CCCN(CC)c1cccc(CCl)n1. The van der Waals surface area contributed by atoms with E-state index in [1.165, 1.54) is 6.42 Å². The Hall–Kier alpha value is -0.800. The minimum absolute atomic E-state index is 0.477. The van der Waals surface area contributed by atoms with E-state index in [1.807, 2.05) is 12.1 Å². The highest BCUT2D eigenvalue weighted by Crippen LogP contribution is 2.13. The number of hydrogen-bond acceptors (Lipinski definition) is 3. The Balaban J connectivity index is 2.52. The predicted molar refractivity (Wildman–Crippen MR) is 84.1 cm³/mol. The molecule has 0 fully saturated rings. The fourth-order valence-electron chi connectivity index (χ4n) is 2.18. The summed E-state index contributed by atoms with van der Waals surface area (Å²) in [7, 11) is 0. The normalized spacial score (nSPS) is 11.0. The highest BCUT2D eigenvalue weighted by molar-refractivity contribution is 6.16. The Bertz CT molecular complexity index is 353. The van der Waals surface area contributed by atoms with Crippen LogP contribution in [0.25, 0.3) is 0 Å². The lowest BCUT2D eigenvalue weighted by Crippen LogP contribution is -2.30. The van der Waals surface area contributed by atoms with Crippen LogP contribution in [0.5, 0.6) is 0 Å². The molecule has 0 aromatic carbocycles. The lowest BCUT2D eigenvalue weighted by molar-refractivity contribution is 0.300. The van der Waals surface area contributed by atoms with Crippen LogP contribution < -0.4 is 4.90 Å². The Morgan fingerprint density at radius 1 is 1.05 bits per heavy atom. The maximum atomic E-state index is 5.84. The molecule has 0 radical (unpaired) electrons. The number of hydrogen-bond donors (Lipinski definition) is 0. The van der Waals surface area contributed by atoms with Gasteiger partial charge in [-0.05, 0) is 45.1 Å². The summed E-state index contributed by atoms with van der Waals surface area (Å²) >= 11 is 5.84. The van der Waals surface area contributed by atoms with Gasteiger partial charge in [-0.2, -0.15) is 0 Å². The van der Waals surface area contributed by atoms with Gasteiger partial charge in [0, 0.05) is 13.1 Å². The van der Waals surface area contributed by atoms with Crippen molar-refractivity contribution in [3.63, 3.8) is 0 Å². The van der Waals surface area contributed by atoms with Gasteiger partial charge in [0.2, 0.25) is 0 Å². The van der Waals surface area contributed by atoms with Gasteiger partial charge in [0.05, 0.1) is 11.6 Å². The van der Waals surface area contributed by atoms with E-state index in [1.54, 1.807) is 0 Å². The van der Waals surface area contributed by atoms with E-state index >= 15 is 0 Å². The van der Waals surface area contributed by atoms with Gasteiger partial charge in [0.15, 0.2) is 0 Å². The number of pyridine rings is 1. The van der Waals surface area contributed by atoms with Gasteiger partial charge in [-0.3, -0.25) is 0 Å². The molecule has 0 N–H and O–H groups in total. The number of alkyl halides is 1. The van der Waals surface area contributed by atoms with Crippen LogP contribution in [0.1, 0.15) is 32.9 Å². The van der Waals surface area contributed by atoms with Crippen LogP contribution in [-0.2, 0) is 5.88 Å². The second-order valence-electron chi connectivity index (χ2n) is 4.58. The lowest BCUT2D eigenvalue weighted by Gasteiger charge is -2.24. The summed E-state index contributed by atoms with van der Waals surface area (Å²) in [6.45, 7) is 12.0. The number of halogens is 1. The van der Waals surface area contributed by atoms with Gasteiger partial charge in [-0.15, -0.1) is 11.6 Å². The van der Waals surface area contributed by atoms with E-state index in [-0.39, 0.29) is 0 Å². The minimum atomic E-state index is 0.477. The average Bonchev–Trinajstić information content (AvgIpc) is 2.47. The fraction of sp³-hybridized carbons (Fsp3) is 0.667. The van der Waals surface area contributed by atoms with E-state index in [0.717, 1.165) is 44.2 Å². The molecule has 0 bridgehead atoms. The van der Waals surface area contributed by atoms with E-state index in [4.69, 9.17) is 11.6 Å². The molecule has 1 aromatic rings. The number of aromatic nitrogens is 1. The van der Waals surface area contributed by atoms with Crippen LogP contribution >= 0.6 is 11.6 Å². The molecule has 0 aliphatic carbocycles. The first-order valence-corrected chi connectivity index (χ1v) is 7.77. The molecule has 1 heterocycles. The molecule has 108 valence electrons. The van der Waals surface area contributed by atoms with E-state index in [0.29, 0.717) is 5.88 Å². The lowest BCUT2D eigenvalue weighted by atomic mass is 10.3. The zero-order valence-corrected chi connectivity index (χ0v) is 13.2. The topological polar surface area (TPSA) is 19.4 Å². The Morgan fingerprint density at radius 3 is 2.37 bits per heavy atom. The third-order valence-electron chi connectivity index (χ3n) is 3.43. The van der Waals surface area contributed by atoms with Crippen LogP contribution in [0.15, 0.2) is 18.2 Å². The third kappa shape index (κ3) is 5.37. The highest BCUT2D eigenvalue weighted by atomic mass is 35.5. The highest BCUT2D eigenvalue weighted by Gasteiger charge is 2.07. The number of anilines is 1. The molecule has 3 nitrogen and oxygen atoms in total. The van der Waals surface area contributed by atoms with Crippen LogP contribution in [0.4, 0.5) is 5.82 Å². The summed E-state index contributed by atoms with van der Waals surface area (Å²) in [5.74, 6) is 1.52. The summed E-state index contributed by atoms with van der Waals surface area (Å²) in [6.07, 6.45) is 1.17. The van der Waals surface area contributed by atoms with E-state index in [9.17, 15) is 0 Å². The van der Waals surface area contributed by atoms with E-state index < -0.39 is 0 Å². The molecule has 0 spiro atoms. The molecule has 19 heavy (non-hydrogen) atoms. The van der Waals surface area contributed by atoms with Gasteiger partial charge in [0.25, 0.3) is 0 Å². The zero-order chi connectivity index (χ0) is 14.1. The maximum absolute atomic E-state index is 5.84. The number of rotatable bonds is 9. The third-order valence-corrected chi connectivity index (χ3v) is 3.71. The molecular formula is C15H26ClN3. The van der Waals surface area contributed by atoms with Crippen molar-refractivity contribution >= 4 is 17.4 Å². The summed E-state index contributed by atoms with van der Waals surface area (Å²) in [4.78, 5) is 9.35. The second-order valence-corrected chi connectivity index (χ2v) is 4.85. The van der Waals surface area contributed by atoms with Gasteiger partial charge >= 0.3 is 0 Å². The maximum Gasteiger partial charge on any atom is 0.128 e. The molecule has 0 amide bonds. The van der Waals surface area contributed by atoms with Crippen molar-refractivity contribution in [3.8, 4) is 0 Å². The number of nitrogens with zero attached hydrogens (tertiary/aromatic N) is 3. The van der Waals surface area contributed by atoms with Crippen molar-refractivity contribution in [2.24, 2.45) is 0 Å². The van der Waals surface area contributed by atoms with Gasteiger partial charge in [0.1, 0.15) is 5.82 Å². The minimum Gasteiger partial charge on any atom is -0.357 e. The van der Waals surface area contributed by atoms with Crippen LogP contribution in [-0.4, -0.2) is 42.6 Å². The van der Waals surface area contributed by atoms with Gasteiger partial charge in [-0.25, -0.2) is 4.98 Å². The summed E-state index contributed by atoms with van der Waals surface area (Å²) in [5.41, 5.74) is 0.946. The standard InChI is InChI=1S/C15H26ClN3/c1-4-18(5-2)11-8-12-19(6-3)15-10-7-9-14(13-16)17-15/h7,9-10H,4-6,8,11-13H2,1-3H3. The molecule has 0 saturated carbocycles. The quantitative estimate of drug-likeness (QED) is 0.648. The summed E-state index contributed by atoms with van der Waals surface area (Å²) in [6, 6.07) is 6.07. The van der Waals surface area contributed by atoms with Gasteiger partial charge in [-0.1, -0.05) is 19.9 Å². The largest absolute Gasteiger partial charge is 0.357 e. The fourth-order valence-corrected chi connectivity index (χ4v) is 2.33. The Kier molecular flexibility index (Phi) is 7.84. The summed E-state index contributed by atoms with van der Waals surface area (Å²) < 4.78 is 0. The molecule has 0 unspecified atom stereocenters. The van der Waals surface area contributed by atoms with Crippen LogP contribution in [0.2, 0.25) is 0 Å². The molecule has 0 atom stereocenters. The molecule has 0 saturated heterocycles. The smallest absolute Gasteiger partial charge is 0.128 e. The van der Waals surface area contributed by atoms with Crippen molar-refractivity contribution in [2.45, 2.75) is 33.1 Å². The average molecular weight is 284 g/mol. The van der Waals surface area contributed by atoms with Crippen LogP contribution in [0.3, 0.4) is 0 Å². The molecule has 0 aliphatic rings. The van der Waals surface area contributed by atoms with Crippen molar-refractivity contribution in [1.82, 2.24) is 9.88 Å². The second kappa shape index (κ2) is 9.16. The first-order chi connectivity index (χ1) is 9.24. The molecule has 4 heteroatoms. The molecular weight excluding hydrogens is 258 g/mol. The van der Waals surface area contributed by atoms with Crippen molar-refractivity contribution < 1.29 is 0 Å². The molecule has 0 aliphatic heterocycles. The van der Waals surface area contributed by atoms with E-state index in [2.05, 4.69) is 41.6 Å². The van der Waals surface area contributed by atoms with Crippen LogP contribution in [0, 0.1) is 0 Å². The summed E-state index contributed by atoms with van der Waals surface area (Å²) in [5, 5.41) is 0. The van der Waals surface area contributed by atoms with Crippen molar-refractivity contribution in [3.05, 3.63) is 23.9 Å². The monoisotopic (exact) mass is 283 g/mol. The zero-order valence-electron chi connectivity index (χ0n) is 12.4.